The molecule has 4 nitrogen and oxygen atoms in total. The van der Waals surface area contributed by atoms with E-state index in [9.17, 15) is 8.42 Å². The van der Waals surface area contributed by atoms with Gasteiger partial charge in [-0.05, 0) is 30.9 Å². The third-order valence-electron chi connectivity index (χ3n) is 2.60. The second-order valence-electron chi connectivity index (χ2n) is 3.98. The number of halogens is 1. The Morgan fingerprint density at radius 3 is 2.68 bits per heavy atom. The highest BCUT2D eigenvalue weighted by atomic mass is 79.9. The van der Waals surface area contributed by atoms with Gasteiger partial charge in [-0.2, -0.15) is 11.8 Å². The molecule has 0 aliphatic heterocycles. The second-order valence-corrected chi connectivity index (χ2v) is 7.49. The van der Waals surface area contributed by atoms with E-state index in [4.69, 9.17) is 4.74 Å². The zero-order valence-electron chi connectivity index (χ0n) is 11.1. The molecule has 1 unspecified atom stereocenters. The number of sulfonamides is 1. The lowest BCUT2D eigenvalue weighted by molar-refractivity contribution is 0.402. The normalized spacial score (nSPS) is 13.3. The van der Waals surface area contributed by atoms with Crippen LogP contribution >= 0.6 is 27.7 Å². The van der Waals surface area contributed by atoms with Gasteiger partial charge in [-0.1, -0.05) is 22.9 Å². The van der Waals surface area contributed by atoms with E-state index in [2.05, 4.69) is 20.7 Å². The van der Waals surface area contributed by atoms with Crippen LogP contribution in [-0.4, -0.2) is 33.6 Å². The maximum atomic E-state index is 12.4. The number of hydrogen-bond donors (Lipinski definition) is 1. The van der Waals surface area contributed by atoms with E-state index in [0.29, 0.717) is 10.2 Å². The first-order valence-corrected chi connectivity index (χ1v) is 9.46. The summed E-state index contributed by atoms with van der Waals surface area (Å²) in [5, 5.41) is 0. The van der Waals surface area contributed by atoms with Crippen LogP contribution in [0.2, 0.25) is 0 Å². The van der Waals surface area contributed by atoms with Gasteiger partial charge in [-0.25, -0.2) is 13.1 Å². The molecule has 0 aromatic heterocycles. The Morgan fingerprint density at radius 2 is 2.16 bits per heavy atom. The minimum Gasteiger partial charge on any atom is -0.495 e. The van der Waals surface area contributed by atoms with Crippen molar-refractivity contribution in [3.63, 3.8) is 0 Å². The molecule has 0 spiro atoms. The summed E-state index contributed by atoms with van der Waals surface area (Å²) in [5.41, 5.74) is 0. The van der Waals surface area contributed by atoms with Crippen molar-refractivity contribution in [3.05, 3.63) is 22.7 Å². The highest BCUT2D eigenvalue weighted by molar-refractivity contribution is 9.10. The van der Waals surface area contributed by atoms with Crippen LogP contribution in [0.4, 0.5) is 0 Å². The fourth-order valence-electron chi connectivity index (χ4n) is 1.58. The summed E-state index contributed by atoms with van der Waals surface area (Å²) >= 11 is 4.90. The molecule has 1 aromatic rings. The van der Waals surface area contributed by atoms with Gasteiger partial charge < -0.3 is 4.74 Å². The van der Waals surface area contributed by atoms with Crippen LogP contribution in [-0.2, 0) is 10.0 Å². The number of hydrogen-bond acceptors (Lipinski definition) is 4. The Morgan fingerprint density at radius 1 is 1.47 bits per heavy atom. The standard InChI is InChI=1S/C12H18BrNO3S2/c1-4-10(8-18-3)14-19(15,16)12-7-9(13)5-6-11(12)17-2/h5-7,10,14H,4,8H2,1-3H3. The van der Waals surface area contributed by atoms with Gasteiger partial charge in [0.05, 0.1) is 7.11 Å². The molecule has 0 radical (unpaired) electrons. The van der Waals surface area contributed by atoms with Crippen LogP contribution < -0.4 is 9.46 Å². The summed E-state index contributed by atoms with van der Waals surface area (Å²) < 4.78 is 33.3. The summed E-state index contributed by atoms with van der Waals surface area (Å²) in [6.07, 6.45) is 2.70. The van der Waals surface area contributed by atoms with E-state index in [0.717, 1.165) is 12.2 Å². The highest BCUT2D eigenvalue weighted by Gasteiger charge is 2.22. The molecular weight excluding hydrogens is 350 g/mol. The Kier molecular flexibility index (Phi) is 6.65. The Balaban J connectivity index is 3.09. The lowest BCUT2D eigenvalue weighted by Crippen LogP contribution is -2.36. The van der Waals surface area contributed by atoms with E-state index in [-0.39, 0.29) is 10.9 Å². The number of rotatable bonds is 7. The molecule has 0 saturated heterocycles. The molecule has 0 aliphatic carbocycles. The molecule has 108 valence electrons. The number of nitrogens with one attached hydrogen (secondary N) is 1. The van der Waals surface area contributed by atoms with Crippen molar-refractivity contribution in [2.24, 2.45) is 0 Å². The van der Waals surface area contributed by atoms with E-state index in [1.807, 2.05) is 13.2 Å². The van der Waals surface area contributed by atoms with Gasteiger partial charge in [0, 0.05) is 16.3 Å². The summed E-state index contributed by atoms with van der Waals surface area (Å²) in [4.78, 5) is 0.156. The van der Waals surface area contributed by atoms with Gasteiger partial charge >= 0.3 is 0 Å². The van der Waals surface area contributed by atoms with Crippen molar-refractivity contribution in [2.75, 3.05) is 19.1 Å². The van der Waals surface area contributed by atoms with Crippen molar-refractivity contribution >= 4 is 37.7 Å². The molecule has 19 heavy (non-hydrogen) atoms. The number of ether oxygens (including phenoxy) is 1. The second kappa shape index (κ2) is 7.52. The van der Waals surface area contributed by atoms with Crippen LogP contribution in [0.3, 0.4) is 0 Å². The van der Waals surface area contributed by atoms with Crippen LogP contribution in [0, 0.1) is 0 Å². The van der Waals surface area contributed by atoms with Crippen molar-refractivity contribution in [1.29, 1.82) is 0 Å². The van der Waals surface area contributed by atoms with Crippen molar-refractivity contribution in [3.8, 4) is 5.75 Å². The molecule has 1 N–H and O–H groups in total. The first kappa shape index (κ1) is 16.8. The van der Waals surface area contributed by atoms with E-state index in [1.54, 1.807) is 30.0 Å². The van der Waals surface area contributed by atoms with Gasteiger partial charge in [0.2, 0.25) is 10.0 Å². The molecule has 1 rings (SSSR count). The van der Waals surface area contributed by atoms with Crippen LogP contribution in [0.5, 0.6) is 5.75 Å². The SMILES string of the molecule is CCC(CSC)NS(=O)(=O)c1cc(Br)ccc1OC. The fourth-order valence-corrected chi connectivity index (χ4v) is 4.43. The largest absolute Gasteiger partial charge is 0.495 e. The average molecular weight is 368 g/mol. The maximum absolute atomic E-state index is 12.4. The van der Waals surface area contributed by atoms with Gasteiger partial charge in [0.25, 0.3) is 0 Å². The summed E-state index contributed by atoms with van der Waals surface area (Å²) in [6.45, 7) is 1.96. The van der Waals surface area contributed by atoms with Crippen molar-refractivity contribution in [2.45, 2.75) is 24.3 Å². The zero-order chi connectivity index (χ0) is 14.5. The van der Waals surface area contributed by atoms with Crippen LogP contribution in [0.25, 0.3) is 0 Å². The van der Waals surface area contributed by atoms with Crippen LogP contribution in [0.15, 0.2) is 27.6 Å². The highest BCUT2D eigenvalue weighted by Crippen LogP contribution is 2.27. The molecule has 0 heterocycles. The Hall–Kier alpha value is -0.240. The molecule has 0 bridgehead atoms. The smallest absolute Gasteiger partial charge is 0.244 e. The predicted octanol–water partition coefficient (Wildman–Crippen LogP) is 2.88. The van der Waals surface area contributed by atoms with Crippen LogP contribution in [0.1, 0.15) is 13.3 Å². The Labute approximate surface area is 127 Å². The zero-order valence-corrected chi connectivity index (χ0v) is 14.4. The molecule has 1 aromatic carbocycles. The average Bonchev–Trinajstić information content (AvgIpc) is 2.38. The molecule has 1 atom stereocenters. The predicted molar refractivity (Wildman–Crippen MR) is 83.5 cm³/mol. The third kappa shape index (κ3) is 4.66. The number of benzene rings is 1. The quantitative estimate of drug-likeness (QED) is 0.804. The van der Waals surface area contributed by atoms with E-state index >= 15 is 0 Å². The number of thioether (sulfide) groups is 1. The summed E-state index contributed by atoms with van der Waals surface area (Å²) in [5.74, 6) is 1.08. The Bertz CT molecular complexity index is 520. The lowest BCUT2D eigenvalue weighted by Gasteiger charge is -2.17. The van der Waals surface area contributed by atoms with Crippen molar-refractivity contribution < 1.29 is 13.2 Å². The molecule has 0 aliphatic rings. The topological polar surface area (TPSA) is 55.4 Å². The maximum Gasteiger partial charge on any atom is 0.244 e. The fraction of sp³-hybridized carbons (Fsp3) is 0.500. The van der Waals surface area contributed by atoms with Gasteiger partial charge in [-0.15, -0.1) is 0 Å². The first-order chi connectivity index (χ1) is 8.94. The first-order valence-electron chi connectivity index (χ1n) is 5.79. The minimum absolute atomic E-state index is 0.0799. The minimum atomic E-state index is -3.58. The lowest BCUT2D eigenvalue weighted by atomic mass is 10.3. The monoisotopic (exact) mass is 367 g/mol. The molecule has 7 heteroatoms. The van der Waals surface area contributed by atoms with Gasteiger partial charge in [0.1, 0.15) is 10.6 Å². The summed E-state index contributed by atoms with van der Waals surface area (Å²) in [7, 11) is -2.12. The van der Waals surface area contributed by atoms with E-state index in [1.165, 1.54) is 7.11 Å². The molecule has 0 fully saturated rings. The third-order valence-corrected chi connectivity index (χ3v) is 5.37. The molecular formula is C12H18BrNO3S2. The van der Waals surface area contributed by atoms with Crippen molar-refractivity contribution in [1.82, 2.24) is 4.72 Å². The van der Waals surface area contributed by atoms with E-state index < -0.39 is 10.0 Å². The number of methoxy groups -OCH3 is 1. The summed E-state index contributed by atoms with van der Waals surface area (Å²) in [6, 6.07) is 4.85. The molecule has 0 saturated carbocycles. The van der Waals surface area contributed by atoms with Gasteiger partial charge in [0.15, 0.2) is 0 Å². The van der Waals surface area contributed by atoms with Gasteiger partial charge in [-0.3, -0.25) is 0 Å². The molecule has 0 amide bonds.